The maximum absolute atomic E-state index is 12.1. The molecule has 0 aromatic carbocycles. The van der Waals surface area contributed by atoms with Gasteiger partial charge in [0.2, 0.25) is 5.91 Å². The lowest BCUT2D eigenvalue weighted by Crippen LogP contribution is -2.11. The molecule has 1 N–H and O–H groups in total. The number of hydrogen-bond acceptors (Lipinski definition) is 5. The number of carbonyl (C=O) groups is 2. The van der Waals surface area contributed by atoms with E-state index in [1.54, 1.807) is 18.3 Å². The standard InChI is InChI=1S/C13H13NO3S2/c1-3-17-13(16)11-9(10-5-4-6-18-10)7-19-12(11)14-8(2)15/h4-7H,3H2,1-2H3,(H,14,15). The largest absolute Gasteiger partial charge is 0.462 e. The molecular weight excluding hydrogens is 282 g/mol. The van der Waals surface area contributed by atoms with Gasteiger partial charge in [-0.15, -0.1) is 22.7 Å². The van der Waals surface area contributed by atoms with E-state index in [1.807, 2.05) is 22.9 Å². The molecule has 19 heavy (non-hydrogen) atoms. The lowest BCUT2D eigenvalue weighted by Gasteiger charge is -2.06. The summed E-state index contributed by atoms with van der Waals surface area (Å²) in [4.78, 5) is 24.2. The summed E-state index contributed by atoms with van der Waals surface area (Å²) in [5, 5.41) is 7.02. The van der Waals surface area contributed by atoms with Crippen molar-refractivity contribution >= 4 is 39.6 Å². The lowest BCUT2D eigenvalue weighted by molar-refractivity contribution is -0.114. The molecule has 1 amide bonds. The van der Waals surface area contributed by atoms with Gasteiger partial charge in [0.15, 0.2) is 0 Å². The number of thiophene rings is 2. The Hall–Kier alpha value is -1.66. The van der Waals surface area contributed by atoms with Crippen molar-refractivity contribution in [2.45, 2.75) is 13.8 Å². The number of amides is 1. The van der Waals surface area contributed by atoms with Crippen LogP contribution in [0, 0.1) is 0 Å². The molecule has 0 saturated heterocycles. The van der Waals surface area contributed by atoms with Crippen molar-refractivity contribution in [3.05, 3.63) is 28.5 Å². The molecule has 0 unspecified atom stereocenters. The normalized spacial score (nSPS) is 10.2. The second-order valence-corrected chi connectivity index (χ2v) is 5.56. The Morgan fingerprint density at radius 3 is 2.74 bits per heavy atom. The monoisotopic (exact) mass is 295 g/mol. The number of hydrogen-bond donors (Lipinski definition) is 1. The Bertz CT molecular complexity index is 587. The molecule has 4 nitrogen and oxygen atoms in total. The number of esters is 1. The molecule has 2 aromatic heterocycles. The van der Waals surface area contributed by atoms with Crippen LogP contribution < -0.4 is 5.32 Å². The number of carbonyl (C=O) groups excluding carboxylic acids is 2. The molecule has 0 aliphatic carbocycles. The summed E-state index contributed by atoms with van der Waals surface area (Å²) in [6.07, 6.45) is 0. The van der Waals surface area contributed by atoms with Gasteiger partial charge in [0.25, 0.3) is 0 Å². The smallest absolute Gasteiger partial charge is 0.341 e. The van der Waals surface area contributed by atoms with Gasteiger partial charge in [0, 0.05) is 22.7 Å². The van der Waals surface area contributed by atoms with Crippen LogP contribution in [0.2, 0.25) is 0 Å². The van der Waals surface area contributed by atoms with Crippen LogP contribution in [0.1, 0.15) is 24.2 Å². The van der Waals surface area contributed by atoms with Crippen molar-refractivity contribution < 1.29 is 14.3 Å². The van der Waals surface area contributed by atoms with Crippen LogP contribution in [0.4, 0.5) is 5.00 Å². The summed E-state index contributed by atoms with van der Waals surface area (Å²) in [6, 6.07) is 3.86. The third-order valence-electron chi connectivity index (χ3n) is 2.35. The average Bonchev–Trinajstić information content (AvgIpc) is 2.96. The molecule has 0 aliphatic rings. The van der Waals surface area contributed by atoms with E-state index in [0.29, 0.717) is 17.2 Å². The third kappa shape index (κ3) is 3.02. The van der Waals surface area contributed by atoms with Gasteiger partial charge in [-0.2, -0.15) is 0 Å². The molecule has 0 bridgehead atoms. The maximum Gasteiger partial charge on any atom is 0.341 e. The van der Waals surface area contributed by atoms with Crippen LogP contribution in [0.5, 0.6) is 0 Å². The molecule has 100 valence electrons. The summed E-state index contributed by atoms with van der Waals surface area (Å²) in [7, 11) is 0. The summed E-state index contributed by atoms with van der Waals surface area (Å²) < 4.78 is 5.07. The zero-order valence-corrected chi connectivity index (χ0v) is 12.2. The SMILES string of the molecule is CCOC(=O)c1c(-c2cccs2)csc1NC(C)=O. The topological polar surface area (TPSA) is 55.4 Å². The van der Waals surface area contributed by atoms with Gasteiger partial charge in [0.1, 0.15) is 10.6 Å². The van der Waals surface area contributed by atoms with E-state index in [2.05, 4.69) is 5.32 Å². The zero-order chi connectivity index (χ0) is 13.8. The predicted molar refractivity (Wildman–Crippen MR) is 77.9 cm³/mol. The van der Waals surface area contributed by atoms with E-state index in [-0.39, 0.29) is 5.91 Å². The van der Waals surface area contributed by atoms with Crippen LogP contribution in [0.3, 0.4) is 0 Å². The highest BCUT2D eigenvalue weighted by atomic mass is 32.1. The van der Waals surface area contributed by atoms with E-state index in [0.717, 1.165) is 10.4 Å². The van der Waals surface area contributed by atoms with E-state index in [9.17, 15) is 9.59 Å². The molecule has 0 spiro atoms. The van der Waals surface area contributed by atoms with E-state index in [1.165, 1.54) is 18.3 Å². The molecule has 0 radical (unpaired) electrons. The predicted octanol–water partition coefficient (Wildman–Crippen LogP) is 3.61. The molecule has 0 saturated carbocycles. The van der Waals surface area contributed by atoms with Crippen LogP contribution in [0.25, 0.3) is 10.4 Å². The first kappa shape index (κ1) is 13.8. The van der Waals surface area contributed by atoms with Crippen molar-refractivity contribution in [2.24, 2.45) is 0 Å². The maximum atomic E-state index is 12.1. The summed E-state index contributed by atoms with van der Waals surface area (Å²) in [5.41, 5.74) is 1.24. The van der Waals surface area contributed by atoms with Crippen LogP contribution in [-0.2, 0) is 9.53 Å². The first-order chi connectivity index (χ1) is 9.13. The molecule has 0 aliphatic heterocycles. The molecule has 2 heterocycles. The highest BCUT2D eigenvalue weighted by Crippen LogP contribution is 2.38. The highest BCUT2D eigenvalue weighted by Gasteiger charge is 2.22. The van der Waals surface area contributed by atoms with Gasteiger partial charge in [-0.05, 0) is 18.4 Å². The van der Waals surface area contributed by atoms with Crippen LogP contribution >= 0.6 is 22.7 Å². The Morgan fingerprint density at radius 1 is 1.37 bits per heavy atom. The Kier molecular flexibility index (Phi) is 4.34. The van der Waals surface area contributed by atoms with Crippen molar-refractivity contribution in [1.29, 1.82) is 0 Å². The quantitative estimate of drug-likeness (QED) is 0.877. The fourth-order valence-electron chi connectivity index (χ4n) is 1.63. The van der Waals surface area contributed by atoms with Gasteiger partial charge < -0.3 is 10.1 Å². The molecule has 2 aromatic rings. The van der Waals surface area contributed by atoms with Crippen molar-refractivity contribution in [2.75, 3.05) is 11.9 Å². The minimum Gasteiger partial charge on any atom is -0.462 e. The number of nitrogens with one attached hydrogen (secondary N) is 1. The minimum atomic E-state index is -0.407. The van der Waals surface area contributed by atoms with E-state index < -0.39 is 5.97 Å². The fourth-order valence-corrected chi connectivity index (χ4v) is 3.45. The van der Waals surface area contributed by atoms with Crippen molar-refractivity contribution in [1.82, 2.24) is 0 Å². The molecule has 0 fully saturated rings. The number of rotatable bonds is 4. The van der Waals surface area contributed by atoms with Crippen LogP contribution in [-0.4, -0.2) is 18.5 Å². The first-order valence-corrected chi connectivity index (χ1v) is 7.49. The van der Waals surface area contributed by atoms with Gasteiger partial charge in [0.05, 0.1) is 6.61 Å². The van der Waals surface area contributed by atoms with Gasteiger partial charge in [-0.25, -0.2) is 4.79 Å². The average molecular weight is 295 g/mol. The number of ether oxygens (including phenoxy) is 1. The van der Waals surface area contributed by atoms with Gasteiger partial charge in [-0.3, -0.25) is 4.79 Å². The highest BCUT2D eigenvalue weighted by molar-refractivity contribution is 7.17. The summed E-state index contributed by atoms with van der Waals surface area (Å²) in [5.74, 6) is -0.610. The van der Waals surface area contributed by atoms with Gasteiger partial charge >= 0.3 is 5.97 Å². The Morgan fingerprint density at radius 2 is 2.16 bits per heavy atom. The molecule has 0 atom stereocenters. The summed E-state index contributed by atoms with van der Waals surface area (Å²) in [6.45, 7) is 3.48. The van der Waals surface area contributed by atoms with Crippen molar-refractivity contribution in [3.8, 4) is 10.4 Å². The fraction of sp³-hybridized carbons (Fsp3) is 0.231. The molecule has 2 rings (SSSR count). The van der Waals surface area contributed by atoms with Gasteiger partial charge in [-0.1, -0.05) is 6.07 Å². The Labute approximate surface area is 119 Å². The zero-order valence-electron chi connectivity index (χ0n) is 10.6. The second kappa shape index (κ2) is 5.99. The van der Waals surface area contributed by atoms with Crippen LogP contribution in [0.15, 0.2) is 22.9 Å². The van der Waals surface area contributed by atoms with Crippen molar-refractivity contribution in [3.63, 3.8) is 0 Å². The van der Waals surface area contributed by atoms with E-state index in [4.69, 9.17) is 4.74 Å². The first-order valence-electron chi connectivity index (χ1n) is 5.73. The summed E-state index contributed by atoms with van der Waals surface area (Å²) >= 11 is 2.87. The van der Waals surface area contributed by atoms with E-state index >= 15 is 0 Å². The number of anilines is 1. The minimum absolute atomic E-state index is 0.204. The Balaban J connectivity index is 2.46. The third-order valence-corrected chi connectivity index (χ3v) is 4.15. The lowest BCUT2D eigenvalue weighted by atomic mass is 10.1. The molecule has 6 heteroatoms. The second-order valence-electron chi connectivity index (χ2n) is 3.73. The molecular formula is C13H13NO3S2.